The quantitative estimate of drug-likeness (QED) is 0.885. The monoisotopic (exact) mass is 295 g/mol. The summed E-state index contributed by atoms with van der Waals surface area (Å²) >= 11 is 1.86. The molecule has 4 heteroatoms. The van der Waals surface area contributed by atoms with E-state index in [2.05, 4.69) is 45.0 Å². The number of nitrogens with zero attached hydrogens (tertiary/aromatic N) is 2. The highest BCUT2D eigenvalue weighted by Crippen LogP contribution is 2.34. The van der Waals surface area contributed by atoms with Crippen LogP contribution < -0.4 is 10.2 Å². The fourth-order valence-electron chi connectivity index (χ4n) is 3.13. The fraction of sp³-hybridized carbons (Fsp3) is 0.812. The van der Waals surface area contributed by atoms with Crippen molar-refractivity contribution < 1.29 is 0 Å². The first-order valence-corrected chi connectivity index (χ1v) is 8.78. The smallest absolute Gasteiger partial charge is 0.185 e. The largest absolute Gasteiger partial charge is 0.348 e. The average Bonchev–Trinajstić information content (AvgIpc) is 2.81. The summed E-state index contributed by atoms with van der Waals surface area (Å²) in [5.74, 6) is 0.905. The topological polar surface area (TPSA) is 28.2 Å². The molecule has 0 spiro atoms. The molecule has 0 bridgehead atoms. The van der Waals surface area contributed by atoms with E-state index in [-0.39, 0.29) is 0 Å². The van der Waals surface area contributed by atoms with Crippen molar-refractivity contribution in [1.29, 1.82) is 0 Å². The summed E-state index contributed by atoms with van der Waals surface area (Å²) in [6.07, 6.45) is 5.35. The standard InChI is InChI=1S/C16H29N3S/c1-6-17-12(3)15-13(4)18-16(20-15)19(5)14-9-7-11(2)8-10-14/h11-12,14,17H,6-10H2,1-5H3. The Hall–Kier alpha value is -0.610. The lowest BCUT2D eigenvalue weighted by Gasteiger charge is -2.33. The van der Waals surface area contributed by atoms with Gasteiger partial charge in [-0.25, -0.2) is 4.98 Å². The van der Waals surface area contributed by atoms with Gasteiger partial charge in [0, 0.05) is 24.0 Å². The number of thiazole rings is 1. The molecule has 114 valence electrons. The Labute approximate surface area is 127 Å². The molecule has 1 atom stereocenters. The Morgan fingerprint density at radius 3 is 2.60 bits per heavy atom. The minimum absolute atomic E-state index is 0.408. The van der Waals surface area contributed by atoms with Crippen LogP contribution >= 0.6 is 11.3 Å². The molecule has 3 nitrogen and oxygen atoms in total. The molecule has 1 aromatic heterocycles. The predicted molar refractivity (Wildman–Crippen MR) is 88.8 cm³/mol. The van der Waals surface area contributed by atoms with Gasteiger partial charge < -0.3 is 10.2 Å². The first kappa shape index (κ1) is 15.8. The van der Waals surface area contributed by atoms with E-state index in [1.807, 2.05) is 11.3 Å². The Kier molecular flexibility index (Phi) is 5.44. The SMILES string of the molecule is CCNC(C)c1sc(N(C)C2CCC(C)CC2)nc1C. The zero-order valence-corrected chi connectivity index (χ0v) is 14.4. The highest BCUT2D eigenvalue weighted by molar-refractivity contribution is 7.15. The highest BCUT2D eigenvalue weighted by atomic mass is 32.1. The lowest BCUT2D eigenvalue weighted by Crippen LogP contribution is -2.34. The molecule has 1 N–H and O–H groups in total. The minimum atomic E-state index is 0.408. The van der Waals surface area contributed by atoms with Crippen LogP contribution in [0.5, 0.6) is 0 Å². The lowest BCUT2D eigenvalue weighted by molar-refractivity contribution is 0.340. The van der Waals surface area contributed by atoms with Crippen molar-refractivity contribution in [3.8, 4) is 0 Å². The molecular weight excluding hydrogens is 266 g/mol. The van der Waals surface area contributed by atoms with E-state index in [1.165, 1.54) is 41.4 Å². The van der Waals surface area contributed by atoms with E-state index in [0.29, 0.717) is 12.1 Å². The lowest BCUT2D eigenvalue weighted by atomic mass is 9.87. The first-order chi connectivity index (χ1) is 9.52. The molecule has 1 saturated carbocycles. The van der Waals surface area contributed by atoms with Gasteiger partial charge in [-0.1, -0.05) is 13.8 Å². The molecule has 1 unspecified atom stereocenters. The first-order valence-electron chi connectivity index (χ1n) is 7.96. The Bertz CT molecular complexity index is 421. The molecule has 1 fully saturated rings. The number of nitrogens with one attached hydrogen (secondary N) is 1. The zero-order valence-electron chi connectivity index (χ0n) is 13.6. The van der Waals surface area contributed by atoms with Gasteiger partial charge >= 0.3 is 0 Å². The van der Waals surface area contributed by atoms with Crippen molar-refractivity contribution in [2.24, 2.45) is 5.92 Å². The summed E-state index contributed by atoms with van der Waals surface area (Å²) in [6, 6.07) is 1.09. The van der Waals surface area contributed by atoms with Gasteiger partial charge in [0.1, 0.15) is 0 Å². The van der Waals surface area contributed by atoms with Gasteiger partial charge in [0.05, 0.1) is 5.69 Å². The summed E-state index contributed by atoms with van der Waals surface area (Å²) in [6.45, 7) is 9.91. The van der Waals surface area contributed by atoms with Gasteiger partial charge in [0.25, 0.3) is 0 Å². The van der Waals surface area contributed by atoms with Gasteiger partial charge in [0.15, 0.2) is 5.13 Å². The number of aryl methyl sites for hydroxylation is 1. The van der Waals surface area contributed by atoms with Crippen LogP contribution in [0.15, 0.2) is 0 Å². The van der Waals surface area contributed by atoms with Gasteiger partial charge in [-0.3, -0.25) is 0 Å². The number of aromatic nitrogens is 1. The molecule has 1 aliphatic carbocycles. The molecule has 0 aromatic carbocycles. The van der Waals surface area contributed by atoms with Crippen LogP contribution in [-0.2, 0) is 0 Å². The number of anilines is 1. The Morgan fingerprint density at radius 2 is 2.00 bits per heavy atom. The van der Waals surface area contributed by atoms with E-state index < -0.39 is 0 Å². The van der Waals surface area contributed by atoms with Crippen LogP contribution in [0.25, 0.3) is 0 Å². The van der Waals surface area contributed by atoms with Crippen molar-refractivity contribution in [3.63, 3.8) is 0 Å². The summed E-state index contributed by atoms with van der Waals surface area (Å²) in [7, 11) is 2.22. The third kappa shape index (κ3) is 3.53. The Morgan fingerprint density at radius 1 is 1.35 bits per heavy atom. The molecule has 2 rings (SSSR count). The summed E-state index contributed by atoms with van der Waals surface area (Å²) in [5, 5.41) is 4.69. The molecular formula is C16H29N3S. The summed E-state index contributed by atoms with van der Waals surface area (Å²) in [5.41, 5.74) is 1.19. The maximum atomic E-state index is 4.81. The van der Waals surface area contributed by atoms with E-state index in [9.17, 15) is 0 Å². The van der Waals surface area contributed by atoms with Gasteiger partial charge in [-0.15, -0.1) is 11.3 Å². The highest BCUT2D eigenvalue weighted by Gasteiger charge is 2.24. The second kappa shape index (κ2) is 6.90. The van der Waals surface area contributed by atoms with E-state index in [4.69, 9.17) is 4.98 Å². The van der Waals surface area contributed by atoms with Crippen LogP contribution in [-0.4, -0.2) is 24.6 Å². The van der Waals surface area contributed by atoms with Crippen LogP contribution in [0.1, 0.15) is 63.1 Å². The molecule has 1 heterocycles. The molecule has 0 amide bonds. The second-order valence-corrected chi connectivity index (χ2v) is 7.26. The van der Waals surface area contributed by atoms with Crippen molar-refractivity contribution >= 4 is 16.5 Å². The molecule has 20 heavy (non-hydrogen) atoms. The summed E-state index contributed by atoms with van der Waals surface area (Å²) in [4.78, 5) is 8.62. The normalized spacial score (nSPS) is 24.6. The predicted octanol–water partition coefficient (Wildman–Crippen LogP) is 4.14. The zero-order chi connectivity index (χ0) is 14.7. The number of rotatable bonds is 5. The van der Waals surface area contributed by atoms with E-state index in [1.54, 1.807) is 0 Å². The van der Waals surface area contributed by atoms with E-state index in [0.717, 1.165) is 12.5 Å². The maximum Gasteiger partial charge on any atom is 0.185 e. The van der Waals surface area contributed by atoms with Crippen molar-refractivity contribution in [1.82, 2.24) is 10.3 Å². The number of hydrogen-bond acceptors (Lipinski definition) is 4. The molecule has 0 saturated heterocycles. The fourth-order valence-corrected chi connectivity index (χ4v) is 4.26. The average molecular weight is 295 g/mol. The van der Waals surface area contributed by atoms with Gasteiger partial charge in [-0.2, -0.15) is 0 Å². The third-order valence-corrected chi connectivity index (χ3v) is 5.99. The molecule has 1 aliphatic rings. The van der Waals surface area contributed by atoms with Crippen molar-refractivity contribution in [2.75, 3.05) is 18.5 Å². The van der Waals surface area contributed by atoms with Crippen molar-refractivity contribution in [3.05, 3.63) is 10.6 Å². The van der Waals surface area contributed by atoms with E-state index >= 15 is 0 Å². The second-order valence-electron chi connectivity index (χ2n) is 6.25. The Balaban J connectivity index is 2.07. The molecule has 0 radical (unpaired) electrons. The van der Waals surface area contributed by atoms with Crippen molar-refractivity contribution in [2.45, 2.75) is 65.5 Å². The summed E-state index contributed by atoms with van der Waals surface area (Å²) < 4.78 is 0. The third-order valence-electron chi connectivity index (χ3n) is 4.56. The molecule has 0 aliphatic heterocycles. The van der Waals surface area contributed by atoms with Crippen LogP contribution in [0.2, 0.25) is 0 Å². The minimum Gasteiger partial charge on any atom is -0.348 e. The maximum absolute atomic E-state index is 4.81. The van der Waals surface area contributed by atoms with Crippen LogP contribution in [0.4, 0.5) is 5.13 Å². The van der Waals surface area contributed by atoms with Gasteiger partial charge in [0.2, 0.25) is 0 Å². The van der Waals surface area contributed by atoms with Gasteiger partial charge in [-0.05, 0) is 52.0 Å². The van der Waals surface area contributed by atoms with Crippen LogP contribution in [0, 0.1) is 12.8 Å². The molecule has 1 aromatic rings. The number of hydrogen-bond donors (Lipinski definition) is 1. The van der Waals surface area contributed by atoms with Crippen LogP contribution in [0.3, 0.4) is 0 Å².